The lowest BCUT2D eigenvalue weighted by Crippen LogP contribution is -2.09. The highest BCUT2D eigenvalue weighted by molar-refractivity contribution is 7.27. The maximum absolute atomic E-state index is 5.38. The largest absolute Gasteiger partial charge is 0.496 e. The zero-order valence-electron chi connectivity index (χ0n) is 8.99. The van der Waals surface area contributed by atoms with E-state index >= 15 is 0 Å². The molecule has 13 heavy (non-hydrogen) atoms. The maximum Gasteiger partial charge on any atom is 0.125 e. The Hall–Kier alpha value is -0.550. The van der Waals surface area contributed by atoms with E-state index in [4.69, 9.17) is 4.74 Å². The number of hydrogen-bond donors (Lipinski definition) is 0. The van der Waals surface area contributed by atoms with E-state index in [0.717, 1.165) is 5.75 Å². The maximum atomic E-state index is 5.38. The van der Waals surface area contributed by atoms with Gasteiger partial charge in [0.25, 0.3) is 0 Å². The third kappa shape index (κ3) is 1.58. The van der Waals surface area contributed by atoms with Crippen LogP contribution in [0.2, 0.25) is 0 Å². The molecule has 1 aromatic rings. The van der Waals surface area contributed by atoms with Gasteiger partial charge in [0, 0.05) is 0 Å². The van der Waals surface area contributed by atoms with Crippen molar-refractivity contribution in [3.05, 3.63) is 22.3 Å². The minimum Gasteiger partial charge on any atom is -0.496 e. The van der Waals surface area contributed by atoms with Gasteiger partial charge in [0.05, 0.1) is 7.11 Å². The molecule has 0 aliphatic rings. The Kier molecular flexibility index (Phi) is 2.98. The zero-order chi connectivity index (χ0) is 10.2. The highest BCUT2D eigenvalue weighted by atomic mass is 31.0. The summed E-state index contributed by atoms with van der Waals surface area (Å²) in [4.78, 5) is 0. The van der Waals surface area contributed by atoms with Crippen molar-refractivity contribution in [2.45, 2.75) is 27.7 Å². The molecule has 0 amide bonds. The highest BCUT2D eigenvalue weighted by Crippen LogP contribution is 2.28. The first kappa shape index (κ1) is 10.5. The molecule has 2 heteroatoms. The lowest BCUT2D eigenvalue weighted by atomic mass is 10.00. The standard InChI is InChI=1S/C11H17OP/c1-6-8(3)11(13)9(4)7(2)10(6)12-5/h13H2,1-5H3. The van der Waals surface area contributed by atoms with Gasteiger partial charge in [0.1, 0.15) is 5.75 Å². The quantitative estimate of drug-likeness (QED) is 0.627. The predicted molar refractivity (Wildman–Crippen MR) is 61.3 cm³/mol. The molecule has 0 bridgehead atoms. The van der Waals surface area contributed by atoms with E-state index in [0.29, 0.717) is 0 Å². The fourth-order valence-corrected chi connectivity index (χ4v) is 2.05. The molecule has 72 valence electrons. The van der Waals surface area contributed by atoms with Gasteiger partial charge in [0.2, 0.25) is 0 Å². The van der Waals surface area contributed by atoms with Crippen molar-refractivity contribution in [1.29, 1.82) is 0 Å². The van der Waals surface area contributed by atoms with Gasteiger partial charge in [-0.15, -0.1) is 9.24 Å². The van der Waals surface area contributed by atoms with E-state index in [1.807, 2.05) is 0 Å². The number of rotatable bonds is 1. The van der Waals surface area contributed by atoms with E-state index in [9.17, 15) is 0 Å². The topological polar surface area (TPSA) is 9.23 Å². The van der Waals surface area contributed by atoms with Crippen molar-refractivity contribution in [3.8, 4) is 5.75 Å². The van der Waals surface area contributed by atoms with Crippen molar-refractivity contribution >= 4 is 14.5 Å². The van der Waals surface area contributed by atoms with Crippen molar-refractivity contribution in [2.24, 2.45) is 0 Å². The molecule has 1 atom stereocenters. The first-order valence-electron chi connectivity index (χ1n) is 4.40. The number of ether oxygens (including phenoxy) is 1. The molecule has 0 spiro atoms. The summed E-state index contributed by atoms with van der Waals surface area (Å²) in [6.45, 7) is 8.47. The molecule has 0 aliphatic heterocycles. The van der Waals surface area contributed by atoms with Crippen LogP contribution in [0.3, 0.4) is 0 Å². The van der Waals surface area contributed by atoms with Gasteiger partial charge in [-0.1, -0.05) is 0 Å². The normalized spacial score (nSPS) is 10.3. The van der Waals surface area contributed by atoms with Crippen LogP contribution in [0.25, 0.3) is 0 Å². The Bertz CT molecular complexity index is 313. The Morgan fingerprint density at radius 1 is 0.846 bits per heavy atom. The van der Waals surface area contributed by atoms with E-state index in [2.05, 4.69) is 36.9 Å². The Morgan fingerprint density at radius 3 is 1.54 bits per heavy atom. The molecule has 0 heterocycles. The summed E-state index contributed by atoms with van der Waals surface area (Å²) in [7, 11) is 4.53. The predicted octanol–water partition coefficient (Wildman–Crippen LogP) is 2.43. The van der Waals surface area contributed by atoms with Gasteiger partial charge in [-0.2, -0.15) is 0 Å². The molecule has 0 aliphatic carbocycles. The van der Waals surface area contributed by atoms with Crippen LogP contribution in [0.4, 0.5) is 0 Å². The number of methoxy groups -OCH3 is 1. The van der Waals surface area contributed by atoms with Crippen LogP contribution in [-0.4, -0.2) is 7.11 Å². The Morgan fingerprint density at radius 2 is 1.23 bits per heavy atom. The monoisotopic (exact) mass is 196 g/mol. The molecule has 0 saturated carbocycles. The van der Waals surface area contributed by atoms with Crippen LogP contribution in [-0.2, 0) is 0 Å². The van der Waals surface area contributed by atoms with E-state index in [1.54, 1.807) is 7.11 Å². The molecule has 0 fully saturated rings. The molecule has 0 radical (unpaired) electrons. The number of hydrogen-bond acceptors (Lipinski definition) is 1. The van der Waals surface area contributed by atoms with Gasteiger partial charge in [0.15, 0.2) is 0 Å². The Balaban J connectivity index is 3.56. The van der Waals surface area contributed by atoms with Crippen molar-refractivity contribution in [3.63, 3.8) is 0 Å². The van der Waals surface area contributed by atoms with E-state index in [1.165, 1.54) is 27.6 Å². The van der Waals surface area contributed by atoms with E-state index < -0.39 is 0 Å². The molecular weight excluding hydrogens is 179 g/mol. The van der Waals surface area contributed by atoms with Gasteiger partial charge in [-0.3, -0.25) is 0 Å². The lowest BCUT2D eigenvalue weighted by Gasteiger charge is -2.16. The third-order valence-corrected chi connectivity index (χ3v) is 3.68. The average Bonchev–Trinajstić information content (AvgIpc) is 2.13. The molecule has 0 N–H and O–H groups in total. The number of benzene rings is 1. The van der Waals surface area contributed by atoms with Gasteiger partial charge < -0.3 is 4.74 Å². The summed E-state index contributed by atoms with van der Waals surface area (Å²) < 4.78 is 5.38. The van der Waals surface area contributed by atoms with Crippen molar-refractivity contribution in [2.75, 3.05) is 7.11 Å². The van der Waals surface area contributed by atoms with Crippen LogP contribution in [0.1, 0.15) is 22.3 Å². The van der Waals surface area contributed by atoms with Crippen LogP contribution in [0.15, 0.2) is 0 Å². The van der Waals surface area contributed by atoms with Crippen LogP contribution < -0.4 is 10.0 Å². The zero-order valence-corrected chi connectivity index (χ0v) is 10.1. The molecule has 1 rings (SSSR count). The average molecular weight is 196 g/mol. The van der Waals surface area contributed by atoms with Crippen molar-refractivity contribution in [1.82, 2.24) is 0 Å². The molecule has 0 saturated heterocycles. The van der Waals surface area contributed by atoms with Crippen molar-refractivity contribution < 1.29 is 4.74 Å². The van der Waals surface area contributed by atoms with Gasteiger partial charge in [-0.05, 0) is 55.3 Å². The van der Waals surface area contributed by atoms with Gasteiger partial charge >= 0.3 is 0 Å². The smallest absolute Gasteiger partial charge is 0.125 e. The van der Waals surface area contributed by atoms with Crippen LogP contribution in [0, 0.1) is 27.7 Å². The second-order valence-electron chi connectivity index (χ2n) is 3.45. The van der Waals surface area contributed by atoms with Gasteiger partial charge in [-0.25, -0.2) is 0 Å². The summed E-state index contributed by atoms with van der Waals surface area (Å²) in [5, 5.41) is 1.30. The fourth-order valence-electron chi connectivity index (χ4n) is 1.61. The van der Waals surface area contributed by atoms with E-state index in [-0.39, 0.29) is 0 Å². The minimum atomic E-state index is 1.03. The fraction of sp³-hybridized carbons (Fsp3) is 0.455. The molecule has 1 nitrogen and oxygen atoms in total. The van der Waals surface area contributed by atoms with Crippen LogP contribution >= 0.6 is 9.24 Å². The van der Waals surface area contributed by atoms with Crippen LogP contribution in [0.5, 0.6) is 5.75 Å². The highest BCUT2D eigenvalue weighted by Gasteiger charge is 2.11. The third-order valence-electron chi connectivity index (χ3n) is 2.82. The minimum absolute atomic E-state index is 1.03. The first-order valence-corrected chi connectivity index (χ1v) is 4.98. The summed E-state index contributed by atoms with van der Waals surface area (Å²) >= 11 is 0. The Labute approximate surface area is 82.7 Å². The SMILES string of the molecule is COc1c(C)c(C)c(P)c(C)c1C. The first-order chi connectivity index (χ1) is 6.00. The summed E-state index contributed by atoms with van der Waals surface area (Å²) in [6, 6.07) is 0. The molecule has 1 aromatic carbocycles. The lowest BCUT2D eigenvalue weighted by molar-refractivity contribution is 0.408. The summed E-state index contributed by atoms with van der Waals surface area (Å²) in [5.74, 6) is 1.03. The molecule has 0 aromatic heterocycles. The molecular formula is C11H17OP. The molecule has 1 unspecified atom stereocenters. The summed E-state index contributed by atoms with van der Waals surface area (Å²) in [5.41, 5.74) is 5.11. The second kappa shape index (κ2) is 3.67. The second-order valence-corrected chi connectivity index (χ2v) is 4.02. The summed E-state index contributed by atoms with van der Waals surface area (Å²) in [6.07, 6.45) is 0.